The van der Waals surface area contributed by atoms with Crippen molar-refractivity contribution in [2.45, 2.75) is 26.3 Å². The molecule has 0 bridgehead atoms. The first kappa shape index (κ1) is 8.05. The lowest BCUT2D eigenvalue weighted by Gasteiger charge is -2.09. The Morgan fingerprint density at radius 2 is 2.18 bits per heavy atom. The van der Waals surface area contributed by atoms with Gasteiger partial charge in [0.2, 0.25) is 0 Å². The van der Waals surface area contributed by atoms with Crippen LogP contribution in [-0.2, 0) is 0 Å². The fraction of sp³-hybridized carbons (Fsp3) is 0.444. The summed E-state index contributed by atoms with van der Waals surface area (Å²) in [4.78, 5) is 7.40. The summed E-state index contributed by atoms with van der Waals surface area (Å²) in [7, 11) is 0. The molecule has 11 heavy (non-hydrogen) atoms. The SMILES string of the molecule is CC(C)(C)N=Cc1ccc[nH]1. The monoisotopic (exact) mass is 150 g/mol. The maximum Gasteiger partial charge on any atom is 0.0562 e. The van der Waals surface area contributed by atoms with Gasteiger partial charge in [0.25, 0.3) is 0 Å². The summed E-state index contributed by atoms with van der Waals surface area (Å²) in [6.07, 6.45) is 3.75. The van der Waals surface area contributed by atoms with E-state index in [0.29, 0.717) is 0 Å². The van der Waals surface area contributed by atoms with Gasteiger partial charge >= 0.3 is 0 Å². The van der Waals surface area contributed by atoms with Gasteiger partial charge in [0.1, 0.15) is 0 Å². The number of aliphatic imine (C=N–C) groups is 1. The molecule has 0 saturated heterocycles. The third-order valence-electron chi connectivity index (χ3n) is 1.21. The van der Waals surface area contributed by atoms with Gasteiger partial charge in [0, 0.05) is 12.4 Å². The smallest absolute Gasteiger partial charge is 0.0562 e. The molecule has 0 aromatic carbocycles. The van der Waals surface area contributed by atoms with E-state index in [1.165, 1.54) is 0 Å². The van der Waals surface area contributed by atoms with Crippen molar-refractivity contribution in [1.29, 1.82) is 0 Å². The number of aromatic nitrogens is 1. The van der Waals surface area contributed by atoms with E-state index in [1.807, 2.05) is 24.5 Å². The van der Waals surface area contributed by atoms with Gasteiger partial charge in [-0.2, -0.15) is 0 Å². The molecule has 0 aliphatic heterocycles. The van der Waals surface area contributed by atoms with Crippen molar-refractivity contribution >= 4 is 6.21 Å². The minimum Gasteiger partial charge on any atom is -0.360 e. The van der Waals surface area contributed by atoms with Crippen molar-refractivity contribution in [3.63, 3.8) is 0 Å². The van der Waals surface area contributed by atoms with E-state index < -0.39 is 0 Å². The molecule has 0 amide bonds. The highest BCUT2D eigenvalue weighted by Crippen LogP contribution is 2.05. The maximum absolute atomic E-state index is 4.34. The van der Waals surface area contributed by atoms with Crippen LogP contribution in [0.15, 0.2) is 23.3 Å². The molecule has 1 N–H and O–H groups in total. The summed E-state index contributed by atoms with van der Waals surface area (Å²) in [5.41, 5.74) is 1.07. The van der Waals surface area contributed by atoms with Crippen LogP contribution in [0.1, 0.15) is 26.5 Å². The van der Waals surface area contributed by atoms with Gasteiger partial charge in [0.15, 0.2) is 0 Å². The Morgan fingerprint density at radius 3 is 2.64 bits per heavy atom. The molecule has 0 saturated carbocycles. The van der Waals surface area contributed by atoms with Crippen LogP contribution in [0.25, 0.3) is 0 Å². The van der Waals surface area contributed by atoms with Gasteiger partial charge < -0.3 is 4.98 Å². The number of hydrogen-bond donors (Lipinski definition) is 1. The van der Waals surface area contributed by atoms with E-state index in [9.17, 15) is 0 Å². The van der Waals surface area contributed by atoms with Gasteiger partial charge in [0.05, 0.1) is 11.2 Å². The first-order chi connectivity index (χ1) is 5.08. The zero-order chi connectivity index (χ0) is 8.32. The molecule has 60 valence electrons. The minimum absolute atomic E-state index is 0.0190. The van der Waals surface area contributed by atoms with Gasteiger partial charge in [-0.05, 0) is 32.9 Å². The summed E-state index contributed by atoms with van der Waals surface area (Å²) in [6.45, 7) is 6.23. The molecule has 1 rings (SSSR count). The van der Waals surface area contributed by atoms with E-state index in [0.717, 1.165) is 5.69 Å². The normalized spacial score (nSPS) is 12.6. The molecule has 0 spiro atoms. The van der Waals surface area contributed by atoms with Gasteiger partial charge in [-0.1, -0.05) is 0 Å². The topological polar surface area (TPSA) is 28.1 Å². The number of H-pyrrole nitrogens is 1. The van der Waals surface area contributed by atoms with Gasteiger partial charge in [-0.25, -0.2) is 0 Å². The molecule has 2 heteroatoms. The lowest BCUT2D eigenvalue weighted by Crippen LogP contribution is -2.09. The van der Waals surface area contributed by atoms with E-state index in [2.05, 4.69) is 30.7 Å². The van der Waals surface area contributed by atoms with Crippen molar-refractivity contribution in [2.75, 3.05) is 0 Å². The summed E-state index contributed by atoms with van der Waals surface area (Å²) in [6, 6.07) is 3.96. The Balaban J connectivity index is 2.63. The fourth-order valence-electron chi connectivity index (χ4n) is 0.688. The van der Waals surface area contributed by atoms with Gasteiger partial charge in [-0.15, -0.1) is 0 Å². The summed E-state index contributed by atoms with van der Waals surface area (Å²) < 4.78 is 0. The predicted molar refractivity (Wildman–Crippen MR) is 48.1 cm³/mol. The van der Waals surface area contributed by atoms with Crippen molar-refractivity contribution in [3.8, 4) is 0 Å². The average Bonchev–Trinajstić information content (AvgIpc) is 2.32. The zero-order valence-corrected chi connectivity index (χ0v) is 7.26. The summed E-state index contributed by atoms with van der Waals surface area (Å²) in [5.74, 6) is 0. The second kappa shape index (κ2) is 2.91. The molecule has 1 heterocycles. The molecule has 0 aliphatic rings. The van der Waals surface area contributed by atoms with Crippen LogP contribution < -0.4 is 0 Å². The molecule has 0 atom stereocenters. The largest absolute Gasteiger partial charge is 0.360 e. The molecule has 1 aromatic rings. The lowest BCUT2D eigenvalue weighted by molar-refractivity contribution is 0.586. The molecule has 0 radical (unpaired) electrons. The van der Waals surface area contributed by atoms with Crippen molar-refractivity contribution in [1.82, 2.24) is 4.98 Å². The first-order valence-corrected chi connectivity index (χ1v) is 3.76. The third kappa shape index (κ3) is 3.03. The van der Waals surface area contributed by atoms with E-state index in [4.69, 9.17) is 0 Å². The molecule has 2 nitrogen and oxygen atoms in total. The fourth-order valence-corrected chi connectivity index (χ4v) is 0.688. The number of aromatic amines is 1. The second-order valence-corrected chi connectivity index (χ2v) is 3.55. The predicted octanol–water partition coefficient (Wildman–Crippen LogP) is 2.23. The number of nitrogens with zero attached hydrogens (tertiary/aromatic N) is 1. The summed E-state index contributed by atoms with van der Waals surface area (Å²) in [5, 5.41) is 0. The number of rotatable bonds is 1. The van der Waals surface area contributed by atoms with Crippen LogP contribution in [0.2, 0.25) is 0 Å². The van der Waals surface area contributed by atoms with Crippen molar-refractivity contribution in [3.05, 3.63) is 24.0 Å². The molecule has 0 unspecified atom stereocenters. The van der Waals surface area contributed by atoms with Crippen LogP contribution in [0.4, 0.5) is 0 Å². The number of nitrogens with one attached hydrogen (secondary N) is 1. The van der Waals surface area contributed by atoms with E-state index in [1.54, 1.807) is 0 Å². The molecule has 0 fully saturated rings. The Hall–Kier alpha value is -1.05. The van der Waals surface area contributed by atoms with Crippen molar-refractivity contribution in [2.24, 2.45) is 4.99 Å². The second-order valence-electron chi connectivity index (χ2n) is 3.55. The standard InChI is InChI=1S/C9H14N2/c1-9(2,3)11-7-8-5-4-6-10-8/h4-7,10H,1-3H3. The Labute approximate surface area is 67.4 Å². The van der Waals surface area contributed by atoms with Crippen molar-refractivity contribution < 1.29 is 0 Å². The van der Waals surface area contributed by atoms with Crippen LogP contribution in [0, 0.1) is 0 Å². The van der Waals surface area contributed by atoms with Crippen LogP contribution in [0.3, 0.4) is 0 Å². The molecular weight excluding hydrogens is 136 g/mol. The average molecular weight is 150 g/mol. The molecule has 1 aromatic heterocycles. The minimum atomic E-state index is 0.0190. The quantitative estimate of drug-likeness (QED) is 0.595. The zero-order valence-electron chi connectivity index (χ0n) is 7.26. The van der Waals surface area contributed by atoms with Crippen LogP contribution >= 0.6 is 0 Å². The number of hydrogen-bond acceptors (Lipinski definition) is 1. The Kier molecular flexibility index (Phi) is 2.13. The highest BCUT2D eigenvalue weighted by Gasteiger charge is 2.04. The highest BCUT2D eigenvalue weighted by atomic mass is 14.8. The maximum atomic E-state index is 4.34. The summed E-state index contributed by atoms with van der Waals surface area (Å²) >= 11 is 0. The first-order valence-electron chi connectivity index (χ1n) is 3.76. The molecular formula is C9H14N2. The van der Waals surface area contributed by atoms with Gasteiger partial charge in [-0.3, -0.25) is 4.99 Å². The lowest BCUT2D eigenvalue weighted by atomic mass is 10.1. The van der Waals surface area contributed by atoms with E-state index >= 15 is 0 Å². The Bertz CT molecular complexity index is 227. The Morgan fingerprint density at radius 1 is 1.45 bits per heavy atom. The highest BCUT2D eigenvalue weighted by molar-refractivity contribution is 5.77. The molecule has 0 aliphatic carbocycles. The third-order valence-corrected chi connectivity index (χ3v) is 1.21. The van der Waals surface area contributed by atoms with Crippen LogP contribution in [-0.4, -0.2) is 16.7 Å². The van der Waals surface area contributed by atoms with Crippen LogP contribution in [0.5, 0.6) is 0 Å². The van der Waals surface area contributed by atoms with E-state index in [-0.39, 0.29) is 5.54 Å².